The highest BCUT2D eigenvalue weighted by Gasteiger charge is 2.36. The number of alkyl halides is 2. The number of rotatable bonds is 6. The molecule has 4 aliphatic rings. The molecule has 2 amide bonds. The van der Waals surface area contributed by atoms with Crippen molar-refractivity contribution in [2.45, 2.75) is 70.9 Å². The molecule has 0 N–H and O–H groups in total. The summed E-state index contributed by atoms with van der Waals surface area (Å²) in [5.74, 6) is 1.50. The summed E-state index contributed by atoms with van der Waals surface area (Å²) in [5, 5.41) is 5.19. The summed E-state index contributed by atoms with van der Waals surface area (Å²) in [6.45, 7) is 5.98. The molecule has 47 heavy (non-hydrogen) atoms. The Kier molecular flexibility index (Phi) is 8.63. The first-order valence-electron chi connectivity index (χ1n) is 16.7. The molecule has 2 aromatic heterocycles. The zero-order valence-corrected chi connectivity index (χ0v) is 26.7. The molecule has 0 atom stereocenters. The maximum absolute atomic E-state index is 13.7. The lowest BCUT2D eigenvalue weighted by Gasteiger charge is -2.38. The van der Waals surface area contributed by atoms with Gasteiger partial charge in [0.25, 0.3) is 6.43 Å². The molecule has 6 heterocycles. The number of hydrogen-bond acceptors (Lipinski definition) is 8. The number of likely N-dealkylation sites (tertiary alicyclic amines) is 1. The molecule has 1 aromatic carbocycles. The van der Waals surface area contributed by atoms with Crippen molar-refractivity contribution >= 4 is 35.6 Å². The van der Waals surface area contributed by atoms with E-state index in [0.717, 1.165) is 73.1 Å². The van der Waals surface area contributed by atoms with Gasteiger partial charge < -0.3 is 19.6 Å². The van der Waals surface area contributed by atoms with Gasteiger partial charge in [-0.2, -0.15) is 5.10 Å². The van der Waals surface area contributed by atoms with Crippen LogP contribution < -0.4 is 9.80 Å². The van der Waals surface area contributed by atoms with Gasteiger partial charge in [-0.15, -0.1) is 0 Å². The number of aromatic nitrogens is 4. The van der Waals surface area contributed by atoms with E-state index in [9.17, 15) is 23.2 Å². The number of carbonyl (C=O) groups excluding carboxylic acids is 3. The second-order valence-corrected chi connectivity index (χ2v) is 13.1. The van der Waals surface area contributed by atoms with Gasteiger partial charge in [-0.1, -0.05) is 12.1 Å². The van der Waals surface area contributed by atoms with E-state index in [1.54, 1.807) is 13.0 Å². The number of amides is 2. The summed E-state index contributed by atoms with van der Waals surface area (Å²) in [4.78, 5) is 53.5. The number of aldehydes is 1. The van der Waals surface area contributed by atoms with Crippen LogP contribution in [0.1, 0.15) is 84.2 Å². The van der Waals surface area contributed by atoms with Crippen molar-refractivity contribution in [2.24, 2.45) is 5.92 Å². The number of halogens is 2. The van der Waals surface area contributed by atoms with E-state index in [0.29, 0.717) is 63.7 Å². The molecule has 7 rings (SSSR count). The minimum Gasteiger partial charge on any atom is -0.342 e. The van der Waals surface area contributed by atoms with Gasteiger partial charge in [0, 0.05) is 93.4 Å². The zero-order valence-electron chi connectivity index (χ0n) is 26.7. The average molecular weight is 647 g/mol. The molecule has 0 bridgehead atoms. The van der Waals surface area contributed by atoms with Crippen LogP contribution >= 0.6 is 0 Å². The molecule has 4 aliphatic heterocycles. The Balaban J connectivity index is 1.06. The largest absolute Gasteiger partial charge is 0.342 e. The number of nitrogens with zero attached hydrogens (tertiary/aromatic N) is 8. The Hall–Kier alpha value is -4.42. The van der Waals surface area contributed by atoms with Crippen LogP contribution in [-0.4, -0.2) is 86.9 Å². The molecule has 13 heteroatoms. The van der Waals surface area contributed by atoms with Crippen LogP contribution in [0, 0.1) is 5.92 Å². The van der Waals surface area contributed by atoms with Gasteiger partial charge >= 0.3 is 0 Å². The Morgan fingerprint density at radius 3 is 2.36 bits per heavy atom. The first-order valence-corrected chi connectivity index (χ1v) is 16.7. The molecular formula is C34H40F2N8O3. The molecule has 0 aliphatic carbocycles. The summed E-state index contributed by atoms with van der Waals surface area (Å²) >= 11 is 0. The maximum Gasteiger partial charge on any atom is 0.263 e. The molecule has 0 unspecified atom stereocenters. The first kappa shape index (κ1) is 31.2. The molecule has 0 radical (unpaired) electrons. The van der Waals surface area contributed by atoms with Crippen molar-refractivity contribution in [1.29, 1.82) is 0 Å². The van der Waals surface area contributed by atoms with E-state index in [4.69, 9.17) is 5.10 Å². The van der Waals surface area contributed by atoms with Crippen LogP contribution in [0.5, 0.6) is 0 Å². The van der Waals surface area contributed by atoms with E-state index >= 15 is 0 Å². The third-order valence-electron chi connectivity index (χ3n) is 10.3. The highest BCUT2D eigenvalue weighted by molar-refractivity contribution is 5.79. The highest BCUT2D eigenvalue weighted by atomic mass is 19.3. The smallest absolute Gasteiger partial charge is 0.263 e. The number of hydrogen-bond donors (Lipinski definition) is 0. The fourth-order valence-electron chi connectivity index (χ4n) is 7.63. The second-order valence-electron chi connectivity index (χ2n) is 13.1. The Morgan fingerprint density at radius 2 is 1.68 bits per heavy atom. The zero-order chi connectivity index (χ0) is 32.7. The number of carbonyl (C=O) groups is 3. The van der Waals surface area contributed by atoms with Gasteiger partial charge in [0.05, 0.1) is 18.2 Å². The van der Waals surface area contributed by atoms with Gasteiger partial charge in [-0.3, -0.25) is 19.1 Å². The van der Waals surface area contributed by atoms with Crippen molar-refractivity contribution in [2.75, 3.05) is 49.1 Å². The fraction of sp³-hybridized carbons (Fsp3) is 0.529. The Labute approximate surface area is 272 Å². The van der Waals surface area contributed by atoms with Crippen molar-refractivity contribution in [3.63, 3.8) is 0 Å². The minimum absolute atomic E-state index is 0.00129. The molecule has 2 fully saturated rings. The molecule has 2 saturated heterocycles. The normalized spacial score (nSPS) is 19.1. The van der Waals surface area contributed by atoms with E-state index in [1.165, 1.54) is 18.5 Å². The van der Waals surface area contributed by atoms with Gasteiger partial charge in [0.2, 0.25) is 17.8 Å². The van der Waals surface area contributed by atoms with Crippen LogP contribution in [0.3, 0.4) is 0 Å². The lowest BCUT2D eigenvalue weighted by Crippen LogP contribution is -2.46. The molecule has 248 valence electrons. The van der Waals surface area contributed by atoms with Crippen LogP contribution in [0.25, 0.3) is 0 Å². The van der Waals surface area contributed by atoms with E-state index < -0.39 is 6.43 Å². The number of piperidine rings is 2. The van der Waals surface area contributed by atoms with Crippen LogP contribution in [0.2, 0.25) is 0 Å². The van der Waals surface area contributed by atoms with E-state index in [-0.39, 0.29) is 29.3 Å². The Bertz CT molecular complexity index is 1650. The van der Waals surface area contributed by atoms with Crippen molar-refractivity contribution in [1.82, 2.24) is 29.5 Å². The predicted octanol–water partition coefficient (Wildman–Crippen LogP) is 4.49. The summed E-state index contributed by atoms with van der Waals surface area (Å²) in [7, 11) is 0. The molecule has 0 spiro atoms. The highest BCUT2D eigenvalue weighted by Crippen LogP contribution is 2.41. The van der Waals surface area contributed by atoms with Gasteiger partial charge in [0.15, 0.2) is 12.1 Å². The summed E-state index contributed by atoms with van der Waals surface area (Å²) in [6.07, 6.45) is 6.60. The lowest BCUT2D eigenvalue weighted by molar-refractivity contribution is -0.137. The van der Waals surface area contributed by atoms with Crippen LogP contribution in [0.4, 0.5) is 26.2 Å². The quantitative estimate of drug-likeness (QED) is 0.361. The number of fused-ring (bicyclic) bond motifs is 2. The van der Waals surface area contributed by atoms with Crippen molar-refractivity contribution in [3.8, 4) is 0 Å². The molecular weight excluding hydrogens is 606 g/mol. The lowest BCUT2D eigenvalue weighted by atomic mass is 9.94. The van der Waals surface area contributed by atoms with Crippen molar-refractivity contribution < 1.29 is 23.2 Å². The van der Waals surface area contributed by atoms with Crippen LogP contribution in [-0.2, 0) is 29.0 Å². The minimum atomic E-state index is -2.56. The second kappa shape index (κ2) is 13.0. The molecule has 3 aromatic rings. The summed E-state index contributed by atoms with van der Waals surface area (Å²) in [5.41, 5.74) is 4.35. The number of aryl methyl sites for hydroxylation is 1. The third-order valence-corrected chi connectivity index (χ3v) is 10.3. The Morgan fingerprint density at radius 1 is 0.936 bits per heavy atom. The standard InChI is InChI=1S/C34H40F2N8O3/c1-22(46)42-16-10-29-28(20-42)32(43-11-2-3-24-4-5-26(31(35)36)17-30(24)43)39-44(29)27-8-14-40(15-9-27)33(47)25-6-12-41(13-7-25)34-37-18-23(21-45)19-38-34/h4-5,17-19,21,25,27,31H,2-3,6-16,20H2,1H3. The fourth-order valence-corrected chi connectivity index (χ4v) is 7.63. The average Bonchev–Trinajstić information content (AvgIpc) is 3.49. The maximum atomic E-state index is 13.7. The first-order chi connectivity index (χ1) is 22.8. The SMILES string of the molecule is CC(=O)N1CCc2c(c(N3CCCc4ccc(C(F)F)cc43)nn2C2CCN(C(=O)C3CCN(c4ncc(C=O)cn4)CC3)CC2)C1. The number of benzene rings is 1. The monoisotopic (exact) mass is 646 g/mol. The molecule has 0 saturated carbocycles. The molecule has 11 nitrogen and oxygen atoms in total. The predicted molar refractivity (Wildman–Crippen MR) is 171 cm³/mol. The van der Waals surface area contributed by atoms with Crippen LogP contribution in [0.15, 0.2) is 30.6 Å². The summed E-state index contributed by atoms with van der Waals surface area (Å²) < 4.78 is 29.6. The van der Waals surface area contributed by atoms with E-state index in [1.807, 2.05) is 15.9 Å². The van der Waals surface area contributed by atoms with E-state index in [2.05, 4.69) is 24.4 Å². The summed E-state index contributed by atoms with van der Waals surface area (Å²) in [6, 6.07) is 5.03. The van der Waals surface area contributed by atoms with Gasteiger partial charge in [0.1, 0.15) is 0 Å². The van der Waals surface area contributed by atoms with Crippen molar-refractivity contribution in [3.05, 3.63) is 58.5 Å². The third kappa shape index (κ3) is 6.07. The number of anilines is 3. The van der Waals surface area contributed by atoms with Gasteiger partial charge in [-0.05, 0) is 50.2 Å². The van der Waals surface area contributed by atoms with Gasteiger partial charge in [-0.25, -0.2) is 18.7 Å². The topological polar surface area (TPSA) is 108 Å².